The van der Waals surface area contributed by atoms with Gasteiger partial charge in [-0.25, -0.2) is 4.79 Å². The summed E-state index contributed by atoms with van der Waals surface area (Å²) in [7, 11) is 0. The number of carboxylic acid groups (broad SMARTS) is 2. The van der Waals surface area contributed by atoms with Crippen LogP contribution in [-0.4, -0.2) is 74.3 Å². The molecule has 1 saturated heterocycles. The SMILES string of the molecule is C=C1CCC2(C(=O)O)CCC3(C)C(=CCC4C5(C)CCC(OC6OC(C(=O)O)C(O)C(O)C6O)C(C)(C)C5CCC43C)C2C1. The minimum absolute atomic E-state index is 0.00713. The summed E-state index contributed by atoms with van der Waals surface area (Å²) in [6.45, 7) is 16.0. The number of allylic oxidation sites excluding steroid dienone is 3. The molecule has 246 valence electrons. The topological polar surface area (TPSA) is 154 Å². The Kier molecular flexibility index (Phi) is 7.58. The Bertz CT molecular complexity index is 1260. The summed E-state index contributed by atoms with van der Waals surface area (Å²) in [5.74, 6) is -1.37. The lowest BCUT2D eigenvalue weighted by atomic mass is 9.34. The van der Waals surface area contributed by atoms with Gasteiger partial charge >= 0.3 is 11.9 Å². The van der Waals surface area contributed by atoms with Crippen LogP contribution in [0, 0.1) is 44.8 Å². The van der Waals surface area contributed by atoms with E-state index in [9.17, 15) is 35.1 Å². The second-order valence-electron chi connectivity index (χ2n) is 16.5. The van der Waals surface area contributed by atoms with Crippen molar-refractivity contribution in [3.05, 3.63) is 23.8 Å². The lowest BCUT2D eigenvalue weighted by molar-refractivity contribution is -0.324. The molecule has 6 rings (SSSR count). The number of fused-ring (bicyclic) bond motifs is 7. The molecule has 0 aromatic rings. The summed E-state index contributed by atoms with van der Waals surface area (Å²) in [6, 6.07) is 0. The smallest absolute Gasteiger partial charge is 0.335 e. The van der Waals surface area contributed by atoms with Crippen molar-refractivity contribution in [2.24, 2.45) is 44.8 Å². The molecule has 5 N–H and O–H groups in total. The van der Waals surface area contributed by atoms with E-state index < -0.39 is 48.1 Å². The molecular formula is C35H52O9. The van der Waals surface area contributed by atoms with E-state index in [4.69, 9.17) is 9.47 Å². The largest absolute Gasteiger partial charge is 0.481 e. The minimum atomic E-state index is -1.75. The monoisotopic (exact) mass is 616 g/mol. The third-order valence-corrected chi connectivity index (χ3v) is 14.5. The molecule has 5 fully saturated rings. The summed E-state index contributed by atoms with van der Waals surface area (Å²) in [5.41, 5.74) is 1.41. The first kappa shape index (κ1) is 32.2. The molecule has 1 heterocycles. The van der Waals surface area contributed by atoms with Crippen molar-refractivity contribution < 1.29 is 44.6 Å². The lowest BCUT2D eigenvalue weighted by Crippen LogP contribution is -2.66. The van der Waals surface area contributed by atoms with Gasteiger partial charge in [0, 0.05) is 5.92 Å². The van der Waals surface area contributed by atoms with Gasteiger partial charge in [-0.3, -0.25) is 4.79 Å². The number of carboxylic acids is 2. The highest BCUT2D eigenvalue weighted by Gasteiger charge is 2.69. The Labute approximate surface area is 260 Å². The Morgan fingerprint density at radius 3 is 2.27 bits per heavy atom. The number of hydrogen-bond donors (Lipinski definition) is 5. The van der Waals surface area contributed by atoms with E-state index in [0.717, 1.165) is 44.9 Å². The number of carbonyl (C=O) groups is 2. The van der Waals surface area contributed by atoms with Crippen LogP contribution in [0.2, 0.25) is 0 Å². The van der Waals surface area contributed by atoms with Crippen molar-refractivity contribution in [3.8, 4) is 0 Å². The highest BCUT2D eigenvalue weighted by Crippen LogP contribution is 2.75. The Morgan fingerprint density at radius 1 is 0.909 bits per heavy atom. The lowest BCUT2D eigenvalue weighted by Gasteiger charge is -2.71. The first-order valence-electron chi connectivity index (χ1n) is 16.6. The van der Waals surface area contributed by atoms with Crippen LogP contribution < -0.4 is 0 Å². The fourth-order valence-electron chi connectivity index (χ4n) is 11.7. The molecule has 1 aliphatic heterocycles. The molecule has 13 unspecified atom stereocenters. The molecule has 0 spiro atoms. The summed E-state index contributed by atoms with van der Waals surface area (Å²) < 4.78 is 11.9. The fraction of sp³-hybridized carbons (Fsp3) is 0.829. The highest BCUT2D eigenvalue weighted by molar-refractivity contribution is 5.77. The van der Waals surface area contributed by atoms with Gasteiger partial charge in [-0.15, -0.1) is 0 Å². The van der Waals surface area contributed by atoms with Crippen molar-refractivity contribution in [2.75, 3.05) is 0 Å². The maximum absolute atomic E-state index is 12.8. The maximum atomic E-state index is 12.8. The summed E-state index contributed by atoms with van der Waals surface area (Å²) in [6.07, 6.45) is 2.35. The maximum Gasteiger partial charge on any atom is 0.335 e. The van der Waals surface area contributed by atoms with Crippen LogP contribution in [0.15, 0.2) is 23.8 Å². The van der Waals surface area contributed by atoms with Crippen molar-refractivity contribution >= 4 is 11.9 Å². The van der Waals surface area contributed by atoms with Gasteiger partial charge in [0.25, 0.3) is 0 Å². The number of ether oxygens (including phenoxy) is 2. The standard InChI is InChI=1S/C35H52O9/c1-18-9-14-35(30(41)42)16-15-33(5)19(20(35)17-18)7-8-22-32(4)12-11-23(31(2,3)21(32)10-13-34(22,33)6)43-29-26(38)24(36)25(37)27(44-29)28(39)40/h7,20-27,29,36-38H,1,8-17H2,2-6H3,(H,39,40)(H,41,42). The number of aliphatic carboxylic acids is 2. The van der Waals surface area contributed by atoms with Gasteiger partial charge in [-0.05, 0) is 97.7 Å². The molecule has 0 bridgehead atoms. The Balaban J connectivity index is 1.28. The number of aliphatic hydroxyl groups is 3. The normalized spacial score (nSPS) is 51.6. The van der Waals surface area contributed by atoms with Crippen LogP contribution in [0.4, 0.5) is 0 Å². The zero-order valence-corrected chi connectivity index (χ0v) is 26.9. The first-order chi connectivity index (χ1) is 20.4. The molecule has 0 aromatic heterocycles. The fourth-order valence-corrected chi connectivity index (χ4v) is 11.7. The van der Waals surface area contributed by atoms with E-state index in [0.29, 0.717) is 25.2 Å². The van der Waals surface area contributed by atoms with Crippen LogP contribution in [-0.2, 0) is 19.1 Å². The third-order valence-electron chi connectivity index (χ3n) is 14.5. The number of hydrogen-bond acceptors (Lipinski definition) is 7. The van der Waals surface area contributed by atoms with Gasteiger partial charge < -0.3 is 35.0 Å². The second kappa shape index (κ2) is 10.4. The van der Waals surface area contributed by atoms with Crippen molar-refractivity contribution in [3.63, 3.8) is 0 Å². The minimum Gasteiger partial charge on any atom is -0.481 e. The molecule has 0 radical (unpaired) electrons. The summed E-state index contributed by atoms with van der Waals surface area (Å²) >= 11 is 0. The summed E-state index contributed by atoms with van der Waals surface area (Å²) in [5, 5.41) is 51.2. The van der Waals surface area contributed by atoms with Crippen LogP contribution in [0.3, 0.4) is 0 Å². The van der Waals surface area contributed by atoms with E-state index >= 15 is 0 Å². The van der Waals surface area contributed by atoms with Gasteiger partial charge in [0.2, 0.25) is 0 Å². The second-order valence-corrected chi connectivity index (χ2v) is 16.5. The zero-order chi connectivity index (χ0) is 32.2. The molecular weight excluding hydrogens is 564 g/mol. The number of rotatable bonds is 4. The molecule has 44 heavy (non-hydrogen) atoms. The first-order valence-corrected chi connectivity index (χ1v) is 16.6. The van der Waals surface area contributed by atoms with E-state index in [-0.39, 0.29) is 39.6 Å². The molecule has 0 amide bonds. The van der Waals surface area contributed by atoms with Crippen LogP contribution in [0.25, 0.3) is 0 Å². The van der Waals surface area contributed by atoms with E-state index in [2.05, 4.69) is 47.3 Å². The molecule has 0 aromatic carbocycles. The average molecular weight is 617 g/mol. The predicted molar refractivity (Wildman–Crippen MR) is 161 cm³/mol. The zero-order valence-electron chi connectivity index (χ0n) is 26.9. The summed E-state index contributed by atoms with van der Waals surface area (Å²) in [4.78, 5) is 24.5. The van der Waals surface area contributed by atoms with Gasteiger partial charge in [0.05, 0.1) is 11.5 Å². The molecule has 6 aliphatic rings. The van der Waals surface area contributed by atoms with E-state index in [1.807, 2.05) is 0 Å². The molecule has 9 nitrogen and oxygen atoms in total. The molecule has 13 atom stereocenters. The van der Waals surface area contributed by atoms with Crippen LogP contribution in [0.1, 0.15) is 98.8 Å². The van der Waals surface area contributed by atoms with Gasteiger partial charge in [0.15, 0.2) is 12.4 Å². The molecule has 9 heteroatoms. The quantitative estimate of drug-likeness (QED) is 0.224. The van der Waals surface area contributed by atoms with Crippen LogP contribution in [0.5, 0.6) is 0 Å². The van der Waals surface area contributed by atoms with Crippen molar-refractivity contribution in [1.82, 2.24) is 0 Å². The van der Waals surface area contributed by atoms with Crippen molar-refractivity contribution in [1.29, 1.82) is 0 Å². The molecule has 5 aliphatic carbocycles. The Morgan fingerprint density at radius 2 is 1.61 bits per heavy atom. The van der Waals surface area contributed by atoms with Crippen LogP contribution >= 0.6 is 0 Å². The third kappa shape index (κ3) is 4.21. The Hall–Kier alpha value is -1.78. The predicted octanol–water partition coefficient (Wildman–Crippen LogP) is 4.68. The number of aliphatic hydroxyl groups excluding tert-OH is 3. The van der Waals surface area contributed by atoms with E-state index in [1.165, 1.54) is 11.1 Å². The van der Waals surface area contributed by atoms with E-state index in [1.54, 1.807) is 0 Å². The van der Waals surface area contributed by atoms with Gasteiger partial charge in [-0.1, -0.05) is 58.4 Å². The van der Waals surface area contributed by atoms with Gasteiger partial charge in [0.1, 0.15) is 18.3 Å². The molecule has 4 saturated carbocycles. The highest BCUT2D eigenvalue weighted by atomic mass is 16.7. The van der Waals surface area contributed by atoms with Gasteiger partial charge in [-0.2, -0.15) is 0 Å². The van der Waals surface area contributed by atoms with Crippen molar-refractivity contribution in [2.45, 2.75) is 136 Å². The average Bonchev–Trinajstić information content (AvgIpc) is 2.94.